The van der Waals surface area contributed by atoms with E-state index in [0.717, 1.165) is 27.8 Å². The topological polar surface area (TPSA) is 52.0 Å². The molecule has 0 aliphatic rings. The number of anilines is 2. The average molecular weight is 393 g/mol. The minimum Gasteiger partial charge on any atom is -0.398 e. The second kappa shape index (κ2) is 7.72. The lowest BCUT2D eigenvalue weighted by atomic mass is 9.84. The minimum absolute atomic E-state index is 0.00962. The summed E-state index contributed by atoms with van der Waals surface area (Å²) in [5, 5.41) is 0. The zero-order valence-corrected chi connectivity index (χ0v) is 17.8. The summed E-state index contributed by atoms with van der Waals surface area (Å²) in [4.78, 5) is 0. The van der Waals surface area contributed by atoms with Crippen LogP contribution in [-0.2, 0) is 5.41 Å². The zero-order valence-electron chi connectivity index (χ0n) is 17.8. The van der Waals surface area contributed by atoms with Gasteiger partial charge in [0, 0.05) is 16.9 Å². The van der Waals surface area contributed by atoms with Crippen molar-refractivity contribution in [3.8, 4) is 33.4 Å². The van der Waals surface area contributed by atoms with E-state index in [-0.39, 0.29) is 5.41 Å². The van der Waals surface area contributed by atoms with Crippen LogP contribution in [0.25, 0.3) is 33.4 Å². The van der Waals surface area contributed by atoms with Gasteiger partial charge in [-0.1, -0.05) is 93.6 Å². The van der Waals surface area contributed by atoms with Gasteiger partial charge in [0.15, 0.2) is 0 Å². The van der Waals surface area contributed by atoms with Gasteiger partial charge in [-0.2, -0.15) is 0 Å². The minimum atomic E-state index is -0.00962. The number of rotatable bonds is 3. The van der Waals surface area contributed by atoms with Crippen molar-refractivity contribution < 1.29 is 0 Å². The number of benzene rings is 4. The predicted molar refractivity (Wildman–Crippen MR) is 130 cm³/mol. The summed E-state index contributed by atoms with van der Waals surface area (Å²) >= 11 is 0. The van der Waals surface area contributed by atoms with Gasteiger partial charge in [0.05, 0.1) is 0 Å². The monoisotopic (exact) mass is 392 g/mol. The molecule has 0 aliphatic carbocycles. The molecule has 0 amide bonds. The van der Waals surface area contributed by atoms with Crippen molar-refractivity contribution in [1.82, 2.24) is 0 Å². The van der Waals surface area contributed by atoms with Gasteiger partial charge in [-0.25, -0.2) is 0 Å². The van der Waals surface area contributed by atoms with Crippen molar-refractivity contribution in [2.24, 2.45) is 0 Å². The first-order valence-corrected chi connectivity index (χ1v) is 10.3. The first-order chi connectivity index (χ1) is 14.3. The summed E-state index contributed by atoms with van der Waals surface area (Å²) < 4.78 is 0. The van der Waals surface area contributed by atoms with Crippen molar-refractivity contribution >= 4 is 11.4 Å². The van der Waals surface area contributed by atoms with E-state index in [2.05, 4.69) is 99.6 Å². The third-order valence-electron chi connectivity index (χ3n) is 5.54. The molecule has 0 heterocycles. The standard InChI is InChI=1S/C28H28N2/c1-28(2,3)22-17-25(29)27(26(30)18-22)24-15-8-7-14-23(24)21-13-9-12-20(16-21)19-10-5-4-6-11-19/h4-18H,29-30H2,1-3H3. The van der Waals surface area contributed by atoms with Crippen LogP contribution in [0.15, 0.2) is 91.0 Å². The van der Waals surface area contributed by atoms with Crippen molar-refractivity contribution in [1.29, 1.82) is 0 Å². The van der Waals surface area contributed by atoms with E-state index in [1.54, 1.807) is 0 Å². The maximum atomic E-state index is 6.54. The van der Waals surface area contributed by atoms with Crippen LogP contribution in [-0.4, -0.2) is 0 Å². The lowest BCUT2D eigenvalue weighted by Crippen LogP contribution is -2.13. The molecule has 2 nitrogen and oxygen atoms in total. The molecule has 0 radical (unpaired) electrons. The molecular formula is C28H28N2. The number of hydrogen-bond donors (Lipinski definition) is 2. The van der Waals surface area contributed by atoms with Crippen LogP contribution in [0.3, 0.4) is 0 Å². The Kier molecular flexibility index (Phi) is 5.09. The highest BCUT2D eigenvalue weighted by Gasteiger charge is 2.19. The molecule has 0 fully saturated rings. The second-order valence-corrected chi connectivity index (χ2v) is 8.77. The molecule has 4 N–H and O–H groups in total. The Balaban J connectivity index is 1.86. The van der Waals surface area contributed by atoms with Gasteiger partial charge in [0.1, 0.15) is 0 Å². The highest BCUT2D eigenvalue weighted by atomic mass is 14.6. The summed E-state index contributed by atoms with van der Waals surface area (Å²) in [6.07, 6.45) is 0. The molecule has 0 saturated heterocycles. The summed E-state index contributed by atoms with van der Waals surface area (Å²) in [6.45, 7) is 6.51. The van der Waals surface area contributed by atoms with E-state index in [0.29, 0.717) is 11.4 Å². The molecule has 4 rings (SSSR count). The quantitative estimate of drug-likeness (QED) is 0.364. The first-order valence-electron chi connectivity index (χ1n) is 10.3. The summed E-state index contributed by atoms with van der Waals surface area (Å²) in [6, 6.07) is 31.5. The fourth-order valence-electron chi connectivity index (χ4n) is 3.88. The van der Waals surface area contributed by atoms with E-state index < -0.39 is 0 Å². The van der Waals surface area contributed by atoms with E-state index in [1.807, 2.05) is 12.1 Å². The van der Waals surface area contributed by atoms with Gasteiger partial charge < -0.3 is 11.5 Å². The van der Waals surface area contributed by atoms with E-state index in [1.165, 1.54) is 11.1 Å². The zero-order chi connectivity index (χ0) is 21.3. The maximum absolute atomic E-state index is 6.54. The lowest BCUT2D eigenvalue weighted by molar-refractivity contribution is 0.591. The van der Waals surface area contributed by atoms with Crippen molar-refractivity contribution in [2.75, 3.05) is 11.5 Å². The number of nitrogens with two attached hydrogens (primary N) is 2. The van der Waals surface area contributed by atoms with Crippen LogP contribution in [0.4, 0.5) is 11.4 Å². The average Bonchev–Trinajstić information content (AvgIpc) is 2.74. The fourth-order valence-corrected chi connectivity index (χ4v) is 3.88. The third-order valence-corrected chi connectivity index (χ3v) is 5.54. The van der Waals surface area contributed by atoms with E-state index in [9.17, 15) is 0 Å². The van der Waals surface area contributed by atoms with Crippen molar-refractivity contribution in [3.63, 3.8) is 0 Å². The summed E-state index contributed by atoms with van der Waals surface area (Å²) in [5.41, 5.74) is 22.3. The molecule has 0 atom stereocenters. The van der Waals surface area contributed by atoms with Gasteiger partial charge in [0.25, 0.3) is 0 Å². The predicted octanol–water partition coefficient (Wildman–Crippen LogP) is 7.15. The van der Waals surface area contributed by atoms with E-state index in [4.69, 9.17) is 11.5 Å². The van der Waals surface area contributed by atoms with Crippen LogP contribution < -0.4 is 11.5 Å². The van der Waals surface area contributed by atoms with Crippen LogP contribution in [0, 0.1) is 0 Å². The number of hydrogen-bond acceptors (Lipinski definition) is 2. The molecule has 4 aromatic carbocycles. The SMILES string of the molecule is CC(C)(C)c1cc(N)c(-c2ccccc2-c2cccc(-c3ccccc3)c2)c(N)c1. The first kappa shape index (κ1) is 19.8. The lowest BCUT2D eigenvalue weighted by Gasteiger charge is -2.23. The highest BCUT2D eigenvalue weighted by Crippen LogP contribution is 2.41. The van der Waals surface area contributed by atoms with Crippen molar-refractivity contribution in [2.45, 2.75) is 26.2 Å². The maximum Gasteiger partial charge on any atom is 0.0417 e. The molecule has 0 spiro atoms. The Labute approximate surface area is 179 Å². The normalized spacial score (nSPS) is 11.4. The molecule has 30 heavy (non-hydrogen) atoms. The molecule has 150 valence electrons. The van der Waals surface area contributed by atoms with Crippen LogP contribution >= 0.6 is 0 Å². The Morgan fingerprint density at radius 2 is 1.07 bits per heavy atom. The van der Waals surface area contributed by atoms with Gasteiger partial charge in [-0.15, -0.1) is 0 Å². The molecular weight excluding hydrogens is 364 g/mol. The second-order valence-electron chi connectivity index (χ2n) is 8.77. The Hall–Kier alpha value is -3.52. The fraction of sp³-hybridized carbons (Fsp3) is 0.143. The Bertz CT molecular complexity index is 1160. The smallest absolute Gasteiger partial charge is 0.0417 e. The molecule has 0 saturated carbocycles. The van der Waals surface area contributed by atoms with Gasteiger partial charge >= 0.3 is 0 Å². The number of nitrogen functional groups attached to an aromatic ring is 2. The van der Waals surface area contributed by atoms with Crippen molar-refractivity contribution in [3.05, 3.63) is 96.6 Å². The Morgan fingerprint density at radius 3 is 1.70 bits per heavy atom. The van der Waals surface area contributed by atoms with Crippen LogP contribution in [0.1, 0.15) is 26.3 Å². The highest BCUT2D eigenvalue weighted by molar-refractivity contribution is 5.95. The Morgan fingerprint density at radius 1 is 0.533 bits per heavy atom. The molecule has 0 bridgehead atoms. The third kappa shape index (κ3) is 3.81. The van der Waals surface area contributed by atoms with Gasteiger partial charge in [-0.05, 0) is 57.0 Å². The van der Waals surface area contributed by atoms with Gasteiger partial charge in [-0.3, -0.25) is 0 Å². The largest absolute Gasteiger partial charge is 0.398 e. The van der Waals surface area contributed by atoms with Gasteiger partial charge in [0.2, 0.25) is 0 Å². The summed E-state index contributed by atoms with van der Waals surface area (Å²) in [5.74, 6) is 0. The molecule has 2 heteroatoms. The molecule has 0 unspecified atom stereocenters. The van der Waals surface area contributed by atoms with E-state index >= 15 is 0 Å². The van der Waals surface area contributed by atoms with Crippen LogP contribution in [0.5, 0.6) is 0 Å². The molecule has 0 aromatic heterocycles. The van der Waals surface area contributed by atoms with Crippen LogP contribution in [0.2, 0.25) is 0 Å². The molecule has 4 aromatic rings. The molecule has 0 aliphatic heterocycles. The summed E-state index contributed by atoms with van der Waals surface area (Å²) in [7, 11) is 0.